The quantitative estimate of drug-likeness (QED) is 0.569. The summed E-state index contributed by atoms with van der Waals surface area (Å²) in [7, 11) is 0. The van der Waals surface area contributed by atoms with E-state index in [1.807, 2.05) is 75.4 Å². The number of nitrogens with one attached hydrogen (secondary N) is 2. The van der Waals surface area contributed by atoms with Crippen molar-refractivity contribution in [3.05, 3.63) is 77.5 Å². The minimum Gasteiger partial charge on any atom is -0.323 e. The van der Waals surface area contributed by atoms with Crippen LogP contribution in [0.4, 0.5) is 10.6 Å². The largest absolute Gasteiger partial charge is 0.325 e. The molecule has 1 aromatic heterocycles. The number of anilines is 1. The fraction of sp³-hybridized carbons (Fsp3) is 0.333. The number of aromatic nitrogens is 2. The lowest BCUT2D eigenvalue weighted by molar-refractivity contribution is -0.134. The summed E-state index contributed by atoms with van der Waals surface area (Å²) in [5.74, 6) is -0.321. The molecular weight excluding hydrogens is 442 g/mol. The maximum Gasteiger partial charge on any atom is 0.325 e. The Labute approximate surface area is 204 Å². The number of carbonyl (C=O) groups is 3. The molecule has 2 N–H and O–H groups in total. The van der Waals surface area contributed by atoms with Gasteiger partial charge in [-0.25, -0.2) is 9.48 Å². The molecule has 4 amide bonds. The predicted octanol–water partition coefficient (Wildman–Crippen LogP) is 3.59. The van der Waals surface area contributed by atoms with Crippen molar-refractivity contribution < 1.29 is 14.4 Å². The molecule has 2 aliphatic rings. The molecule has 35 heavy (non-hydrogen) atoms. The number of imide groups is 1. The first kappa shape index (κ1) is 22.8. The molecular formula is C27H29N5O3. The lowest BCUT2D eigenvalue weighted by Crippen LogP contribution is -2.51. The first-order chi connectivity index (χ1) is 16.7. The van der Waals surface area contributed by atoms with Crippen LogP contribution in [0.2, 0.25) is 0 Å². The van der Waals surface area contributed by atoms with Crippen molar-refractivity contribution in [2.24, 2.45) is 0 Å². The molecule has 180 valence electrons. The summed E-state index contributed by atoms with van der Waals surface area (Å²) in [6.45, 7) is 5.78. The van der Waals surface area contributed by atoms with Gasteiger partial charge in [-0.3, -0.25) is 14.5 Å². The van der Waals surface area contributed by atoms with E-state index >= 15 is 0 Å². The minimum atomic E-state index is -0.989. The van der Waals surface area contributed by atoms with Gasteiger partial charge in [-0.15, -0.1) is 0 Å². The molecule has 1 atom stereocenters. The number of rotatable bonds is 4. The molecule has 8 heteroatoms. The van der Waals surface area contributed by atoms with Gasteiger partial charge in [0.05, 0.1) is 11.4 Å². The number of hydrogen-bond acceptors (Lipinski definition) is 4. The molecule has 2 aromatic carbocycles. The van der Waals surface area contributed by atoms with E-state index in [-0.39, 0.29) is 17.9 Å². The average molecular weight is 472 g/mol. The average Bonchev–Trinajstić information content (AvgIpc) is 3.35. The zero-order valence-corrected chi connectivity index (χ0v) is 20.2. The number of amides is 4. The zero-order valence-electron chi connectivity index (χ0n) is 20.2. The highest BCUT2D eigenvalue weighted by atomic mass is 16.2. The van der Waals surface area contributed by atoms with Gasteiger partial charge >= 0.3 is 6.03 Å². The van der Waals surface area contributed by atoms with Crippen molar-refractivity contribution in [2.75, 3.05) is 11.9 Å². The van der Waals surface area contributed by atoms with Crippen LogP contribution in [0.15, 0.2) is 60.7 Å². The first-order valence-corrected chi connectivity index (χ1v) is 11.8. The van der Waals surface area contributed by atoms with Crippen molar-refractivity contribution in [3.63, 3.8) is 0 Å². The van der Waals surface area contributed by atoms with Crippen molar-refractivity contribution in [2.45, 2.75) is 51.0 Å². The number of carbonyl (C=O) groups excluding carboxylic acids is 3. The summed E-state index contributed by atoms with van der Waals surface area (Å²) in [4.78, 5) is 40.2. The fourth-order valence-electron chi connectivity index (χ4n) is 4.77. The molecule has 1 saturated heterocycles. The van der Waals surface area contributed by atoms with E-state index in [4.69, 9.17) is 5.10 Å². The Kier molecular flexibility index (Phi) is 5.46. The number of nitrogens with zero attached hydrogens (tertiary/aromatic N) is 3. The summed E-state index contributed by atoms with van der Waals surface area (Å²) >= 11 is 0. The van der Waals surface area contributed by atoms with E-state index in [1.165, 1.54) is 5.56 Å². The Hall–Kier alpha value is -3.94. The molecule has 1 spiro atoms. The molecule has 0 bridgehead atoms. The molecule has 1 aliphatic heterocycles. The second-order valence-corrected chi connectivity index (χ2v) is 10.3. The molecule has 2 heterocycles. The van der Waals surface area contributed by atoms with Crippen LogP contribution in [0.3, 0.4) is 0 Å². The summed E-state index contributed by atoms with van der Waals surface area (Å²) in [6, 6.07) is 18.8. The Morgan fingerprint density at radius 3 is 2.46 bits per heavy atom. The van der Waals surface area contributed by atoms with Crippen LogP contribution in [0.1, 0.15) is 44.0 Å². The Morgan fingerprint density at radius 2 is 1.74 bits per heavy atom. The molecule has 5 rings (SSSR count). The monoisotopic (exact) mass is 471 g/mol. The highest BCUT2D eigenvalue weighted by Gasteiger charge is 2.52. The third-order valence-electron chi connectivity index (χ3n) is 6.73. The lowest BCUT2D eigenvalue weighted by atomic mass is 9.78. The van der Waals surface area contributed by atoms with Crippen LogP contribution >= 0.6 is 0 Å². The highest BCUT2D eigenvalue weighted by molar-refractivity contribution is 6.10. The Balaban J connectivity index is 1.35. The van der Waals surface area contributed by atoms with Gasteiger partial charge in [0.1, 0.15) is 17.9 Å². The molecule has 3 aromatic rings. The van der Waals surface area contributed by atoms with Crippen LogP contribution in [0, 0.1) is 0 Å². The molecule has 1 aliphatic carbocycles. The third-order valence-corrected chi connectivity index (χ3v) is 6.73. The normalized spacial score (nSPS) is 19.6. The molecule has 1 unspecified atom stereocenters. The van der Waals surface area contributed by atoms with E-state index in [0.717, 1.165) is 21.8 Å². The van der Waals surface area contributed by atoms with Crippen LogP contribution in [0.5, 0.6) is 0 Å². The molecule has 0 radical (unpaired) electrons. The molecule has 8 nitrogen and oxygen atoms in total. The number of aryl methyl sites for hydroxylation is 1. The SMILES string of the molecule is CC(C)(C)c1cc(NC(=O)CN2C(=O)NC3(CCc4ccccc4C3)C2=O)n(-c2ccccc2)n1. The van der Waals surface area contributed by atoms with Gasteiger partial charge in [-0.1, -0.05) is 63.2 Å². The molecule has 1 fully saturated rings. The third kappa shape index (κ3) is 4.20. The van der Waals surface area contributed by atoms with Gasteiger partial charge in [-0.2, -0.15) is 5.10 Å². The number of urea groups is 1. The van der Waals surface area contributed by atoms with Crippen LogP contribution in [-0.2, 0) is 27.8 Å². The second kappa shape index (κ2) is 8.37. The van der Waals surface area contributed by atoms with Gasteiger partial charge in [0.25, 0.3) is 5.91 Å². The van der Waals surface area contributed by atoms with Crippen LogP contribution in [-0.4, -0.2) is 44.6 Å². The van der Waals surface area contributed by atoms with E-state index in [1.54, 1.807) is 4.68 Å². The minimum absolute atomic E-state index is 0.228. The van der Waals surface area contributed by atoms with Crippen molar-refractivity contribution in [3.8, 4) is 5.69 Å². The van der Waals surface area contributed by atoms with Crippen LogP contribution < -0.4 is 10.6 Å². The fourth-order valence-corrected chi connectivity index (χ4v) is 4.77. The molecule has 0 saturated carbocycles. The second-order valence-electron chi connectivity index (χ2n) is 10.3. The van der Waals surface area contributed by atoms with Gasteiger partial charge < -0.3 is 10.6 Å². The number of benzene rings is 2. The van der Waals surface area contributed by atoms with Gasteiger partial charge in [-0.05, 0) is 36.1 Å². The van der Waals surface area contributed by atoms with E-state index in [2.05, 4.69) is 16.7 Å². The number of fused-ring (bicyclic) bond motifs is 1. The van der Waals surface area contributed by atoms with Gasteiger partial charge in [0.15, 0.2) is 0 Å². The van der Waals surface area contributed by atoms with Gasteiger partial charge in [0.2, 0.25) is 5.91 Å². The Morgan fingerprint density at radius 1 is 1.06 bits per heavy atom. The highest BCUT2D eigenvalue weighted by Crippen LogP contribution is 2.33. The van der Waals surface area contributed by atoms with Gasteiger partial charge in [0, 0.05) is 17.9 Å². The zero-order chi connectivity index (χ0) is 24.8. The standard InChI is InChI=1S/C27H29N5O3/c1-26(2,3)21-15-22(32(30-21)20-11-5-4-6-12-20)28-23(33)17-31-24(34)27(29-25(31)35)14-13-18-9-7-8-10-19(18)16-27/h4-12,15H,13-14,16-17H2,1-3H3,(H,28,33)(H,29,35). The summed E-state index contributed by atoms with van der Waals surface area (Å²) in [6.07, 6.45) is 1.65. The first-order valence-electron chi connectivity index (χ1n) is 11.8. The van der Waals surface area contributed by atoms with E-state index in [9.17, 15) is 14.4 Å². The van der Waals surface area contributed by atoms with E-state index < -0.39 is 17.5 Å². The maximum absolute atomic E-state index is 13.4. The topological polar surface area (TPSA) is 96.3 Å². The Bertz CT molecular complexity index is 1310. The summed E-state index contributed by atoms with van der Waals surface area (Å²) < 4.78 is 1.67. The lowest BCUT2D eigenvalue weighted by Gasteiger charge is -2.32. The van der Waals surface area contributed by atoms with Crippen molar-refractivity contribution in [1.82, 2.24) is 20.0 Å². The number of para-hydroxylation sites is 1. The van der Waals surface area contributed by atoms with Crippen molar-refractivity contribution >= 4 is 23.7 Å². The van der Waals surface area contributed by atoms with E-state index in [0.29, 0.717) is 25.1 Å². The predicted molar refractivity (Wildman–Crippen MR) is 132 cm³/mol. The van der Waals surface area contributed by atoms with Crippen LogP contribution in [0.25, 0.3) is 5.69 Å². The summed E-state index contributed by atoms with van der Waals surface area (Å²) in [5, 5.41) is 10.4. The number of hydrogen-bond donors (Lipinski definition) is 2. The summed E-state index contributed by atoms with van der Waals surface area (Å²) in [5.41, 5.74) is 2.64. The maximum atomic E-state index is 13.4. The smallest absolute Gasteiger partial charge is 0.323 e. The van der Waals surface area contributed by atoms with Crippen molar-refractivity contribution in [1.29, 1.82) is 0 Å².